The van der Waals surface area contributed by atoms with Crippen LogP contribution in [0.25, 0.3) is 0 Å². The fourth-order valence-electron chi connectivity index (χ4n) is 2.83. The molecule has 1 aliphatic rings. The van der Waals surface area contributed by atoms with Gasteiger partial charge in [-0.3, -0.25) is 4.57 Å². The van der Waals surface area contributed by atoms with Gasteiger partial charge in [-0.1, -0.05) is 86.3 Å². The number of hydrogen-bond donors (Lipinski definition) is 0. The number of hydrogen-bond acceptors (Lipinski definition) is 4. The van der Waals surface area contributed by atoms with Crippen molar-refractivity contribution in [3.05, 3.63) is 71.8 Å². The highest BCUT2D eigenvalue weighted by atomic mass is 32.4. The summed E-state index contributed by atoms with van der Waals surface area (Å²) in [6.45, 7) is 6.84. The lowest BCUT2D eigenvalue weighted by Gasteiger charge is -2.33. The Balaban J connectivity index is 2.06. The lowest BCUT2D eigenvalue weighted by Crippen LogP contribution is -2.29. The van der Waals surface area contributed by atoms with Gasteiger partial charge in [0, 0.05) is 17.3 Å². The first-order valence-corrected chi connectivity index (χ1v) is 13.0. The van der Waals surface area contributed by atoms with Crippen molar-refractivity contribution in [3.63, 3.8) is 0 Å². The maximum atomic E-state index is 13.1. The second-order valence-electron chi connectivity index (χ2n) is 7.30. The third-order valence-corrected chi connectivity index (χ3v) is 11.5. The first kappa shape index (κ1) is 19.7. The highest BCUT2D eigenvalue weighted by Gasteiger charge is 2.36. The molecule has 0 unspecified atom stereocenters. The summed E-state index contributed by atoms with van der Waals surface area (Å²) >= 11 is 6.23. The minimum absolute atomic E-state index is 0.130. The van der Waals surface area contributed by atoms with Gasteiger partial charge in [0.05, 0.1) is 13.2 Å². The van der Waals surface area contributed by atoms with Crippen molar-refractivity contribution in [2.45, 2.75) is 20.8 Å². The molecule has 2 aromatic rings. The maximum Gasteiger partial charge on any atom is 0.354 e. The molecule has 0 aromatic heterocycles. The number of benzene rings is 2. The van der Waals surface area contributed by atoms with Gasteiger partial charge in [0.15, 0.2) is 0 Å². The molecule has 0 radical (unpaired) electrons. The molecule has 138 valence electrons. The fraction of sp³-hybridized carbons (Fsp3) is 0.300. The van der Waals surface area contributed by atoms with Crippen molar-refractivity contribution in [2.24, 2.45) is 5.41 Å². The molecule has 3 nitrogen and oxygen atoms in total. The minimum Gasteiger partial charge on any atom is -0.305 e. The van der Waals surface area contributed by atoms with E-state index in [1.54, 1.807) is 5.82 Å². The zero-order chi connectivity index (χ0) is 18.8. The van der Waals surface area contributed by atoms with Crippen molar-refractivity contribution in [2.75, 3.05) is 13.2 Å². The molecular formula is C20H24O3P2S. The van der Waals surface area contributed by atoms with Crippen LogP contribution in [0.3, 0.4) is 0 Å². The summed E-state index contributed by atoms with van der Waals surface area (Å²) in [4.78, 5) is 0. The molecule has 0 N–H and O–H groups in total. The van der Waals surface area contributed by atoms with E-state index in [1.807, 2.05) is 81.4 Å². The Bertz CT molecular complexity index is 834. The molecule has 0 saturated carbocycles. The average molecular weight is 406 g/mol. The summed E-state index contributed by atoms with van der Waals surface area (Å²) in [6.07, 6.45) is 0. The van der Waals surface area contributed by atoms with Gasteiger partial charge in [-0.05, 0) is 22.8 Å². The lowest BCUT2D eigenvalue weighted by atomic mass is 9.97. The van der Waals surface area contributed by atoms with E-state index in [9.17, 15) is 4.57 Å². The number of allylic oxidation sites excluding steroid dienone is 1. The highest BCUT2D eigenvalue weighted by molar-refractivity contribution is 8.24. The summed E-state index contributed by atoms with van der Waals surface area (Å²) < 4.78 is 24.4. The third-order valence-electron chi connectivity index (χ3n) is 4.35. The molecular weight excluding hydrogens is 382 g/mol. The summed E-state index contributed by atoms with van der Waals surface area (Å²) in [5, 5.41) is 3.02. The Morgan fingerprint density at radius 2 is 1.42 bits per heavy atom. The van der Waals surface area contributed by atoms with E-state index in [0.717, 1.165) is 15.9 Å². The normalized spacial score (nSPS) is 19.9. The van der Waals surface area contributed by atoms with Crippen LogP contribution in [0.2, 0.25) is 0 Å². The van der Waals surface area contributed by atoms with Crippen LogP contribution in [0.15, 0.2) is 71.8 Å². The Morgan fingerprint density at radius 3 is 1.85 bits per heavy atom. The predicted octanol–water partition coefficient (Wildman–Crippen LogP) is 5.24. The predicted molar refractivity (Wildman–Crippen MR) is 113 cm³/mol. The van der Waals surface area contributed by atoms with Crippen LogP contribution in [0, 0.1) is 5.41 Å². The molecule has 6 heteroatoms. The van der Waals surface area contributed by atoms with E-state index >= 15 is 0 Å². The molecule has 0 aliphatic carbocycles. The fourth-order valence-corrected chi connectivity index (χ4v) is 9.09. The SMILES string of the molecule is C/C(=C/P1(=O)OCC(C)(C)CO1)P(=S)(c1ccccc1)c1ccccc1. The van der Waals surface area contributed by atoms with Gasteiger partial charge >= 0.3 is 7.60 Å². The van der Waals surface area contributed by atoms with Gasteiger partial charge in [0.25, 0.3) is 0 Å². The monoisotopic (exact) mass is 406 g/mol. The summed E-state index contributed by atoms with van der Waals surface area (Å²) in [5.74, 6) is 1.66. The van der Waals surface area contributed by atoms with Gasteiger partial charge in [0.2, 0.25) is 0 Å². The number of rotatable bonds is 4. The molecule has 26 heavy (non-hydrogen) atoms. The summed E-state index contributed by atoms with van der Waals surface area (Å²) in [6, 6.07) is 17.8. The van der Waals surface area contributed by atoms with E-state index in [1.165, 1.54) is 0 Å². The van der Waals surface area contributed by atoms with E-state index in [2.05, 4.69) is 0 Å². The van der Waals surface area contributed by atoms with Crippen molar-refractivity contribution < 1.29 is 13.6 Å². The molecule has 1 saturated heterocycles. The summed E-state index contributed by atoms with van der Waals surface area (Å²) in [7, 11) is -3.29. The van der Waals surface area contributed by atoms with Gasteiger partial charge in [-0.2, -0.15) is 0 Å². The summed E-state index contributed by atoms with van der Waals surface area (Å²) in [5.41, 5.74) is -0.130. The van der Waals surface area contributed by atoms with Gasteiger partial charge in [0.1, 0.15) is 0 Å². The molecule has 1 aliphatic heterocycles. The van der Waals surface area contributed by atoms with Crippen LogP contribution in [0.5, 0.6) is 0 Å². The van der Waals surface area contributed by atoms with E-state index in [4.69, 9.17) is 20.9 Å². The Labute approximate surface area is 161 Å². The zero-order valence-corrected chi connectivity index (χ0v) is 17.9. The van der Waals surface area contributed by atoms with Gasteiger partial charge in [-0.15, -0.1) is 0 Å². The molecule has 1 heterocycles. The Kier molecular flexibility index (Phi) is 5.72. The van der Waals surface area contributed by atoms with Crippen LogP contribution >= 0.6 is 13.6 Å². The molecule has 3 rings (SSSR count). The molecule has 2 aromatic carbocycles. The average Bonchev–Trinajstić information content (AvgIpc) is 2.65. The molecule has 0 spiro atoms. The Hall–Kier alpha value is -1.02. The van der Waals surface area contributed by atoms with Crippen molar-refractivity contribution in [3.8, 4) is 0 Å². The van der Waals surface area contributed by atoms with Crippen LogP contribution in [0.4, 0.5) is 0 Å². The third kappa shape index (κ3) is 4.11. The molecule has 0 bridgehead atoms. The second kappa shape index (κ2) is 7.54. The minimum atomic E-state index is -3.29. The topological polar surface area (TPSA) is 35.5 Å². The lowest BCUT2D eigenvalue weighted by molar-refractivity contribution is 0.0457. The van der Waals surface area contributed by atoms with Crippen molar-refractivity contribution in [1.29, 1.82) is 0 Å². The first-order chi connectivity index (χ1) is 12.3. The highest BCUT2D eigenvalue weighted by Crippen LogP contribution is 2.61. The van der Waals surface area contributed by atoms with E-state index in [-0.39, 0.29) is 5.41 Å². The van der Waals surface area contributed by atoms with Crippen LogP contribution in [-0.4, -0.2) is 13.2 Å². The Morgan fingerprint density at radius 1 is 1.00 bits per heavy atom. The van der Waals surface area contributed by atoms with Crippen LogP contribution in [0.1, 0.15) is 20.8 Å². The van der Waals surface area contributed by atoms with E-state index in [0.29, 0.717) is 13.2 Å². The van der Waals surface area contributed by atoms with Crippen LogP contribution in [-0.2, 0) is 25.4 Å². The molecule has 0 amide bonds. The zero-order valence-electron chi connectivity index (χ0n) is 15.3. The quantitative estimate of drug-likeness (QED) is 0.650. The standard InChI is InChI=1S/C20H24O3P2S/c1-17(14-24(21)22-15-20(2,3)16-23-24)25(26,18-10-6-4-7-11-18)19-12-8-5-9-13-19/h4-14H,15-16H2,1-3H3/b17-14-. The van der Waals surface area contributed by atoms with Crippen molar-refractivity contribution >= 4 is 36.0 Å². The maximum absolute atomic E-state index is 13.1. The van der Waals surface area contributed by atoms with E-state index < -0.39 is 13.6 Å². The smallest absolute Gasteiger partial charge is 0.305 e. The second-order valence-corrected chi connectivity index (χ2v) is 13.8. The van der Waals surface area contributed by atoms with Gasteiger partial charge in [-0.25, -0.2) is 0 Å². The molecule has 0 atom stereocenters. The van der Waals surface area contributed by atoms with Crippen LogP contribution < -0.4 is 10.6 Å². The van der Waals surface area contributed by atoms with Gasteiger partial charge < -0.3 is 9.05 Å². The molecule has 1 fully saturated rings. The first-order valence-electron chi connectivity index (χ1n) is 8.55. The van der Waals surface area contributed by atoms with Crippen molar-refractivity contribution in [1.82, 2.24) is 0 Å². The largest absolute Gasteiger partial charge is 0.354 e.